The molecule has 1 saturated carbocycles. The van der Waals surface area contributed by atoms with Crippen LogP contribution in [0.25, 0.3) is 21.8 Å². The van der Waals surface area contributed by atoms with Crippen LogP contribution in [0, 0.1) is 23.7 Å². The SMILES string of the molecule is C[C@H]1[C@@H](O)O[C@@H]2OC3(C)CC[C@H]4[C@H](C)CC[C@@H]1[C@@]24OO3.Clc1ccc2c(N3CCN(CCCN4CCN(c5ccnc6cc(Cl)ccc56)CC4)CC3)ccnc2c1. The number of benzene rings is 2. The van der Waals surface area contributed by atoms with Crippen LogP contribution in [0.2, 0.25) is 10.0 Å². The number of hydrogen-bond acceptors (Lipinski definition) is 11. The minimum absolute atomic E-state index is 0.0379. The molecule has 6 saturated heterocycles. The average molecular weight is 820 g/mol. The summed E-state index contributed by atoms with van der Waals surface area (Å²) in [5, 5.41) is 14.0. The van der Waals surface area contributed by atoms with Gasteiger partial charge in [-0.25, -0.2) is 9.78 Å². The third-order valence-electron chi connectivity index (χ3n) is 13.9. The molecule has 306 valence electrons. The van der Waals surface area contributed by atoms with Gasteiger partial charge >= 0.3 is 0 Å². The third kappa shape index (κ3) is 7.73. The van der Waals surface area contributed by atoms with Gasteiger partial charge in [-0.1, -0.05) is 37.0 Å². The quantitative estimate of drug-likeness (QED) is 0.195. The lowest BCUT2D eigenvalue weighted by molar-refractivity contribution is -0.576. The van der Waals surface area contributed by atoms with Gasteiger partial charge in [0.05, 0.1) is 11.0 Å². The maximum atomic E-state index is 10.2. The fraction of sp³-hybridized carbons (Fsp3) is 0.591. The topological polar surface area (TPSA) is 95.9 Å². The molecule has 4 aromatic rings. The zero-order valence-electron chi connectivity index (χ0n) is 33.4. The van der Waals surface area contributed by atoms with Crippen molar-refractivity contribution < 1.29 is 24.4 Å². The number of pyridine rings is 2. The monoisotopic (exact) mass is 818 g/mol. The van der Waals surface area contributed by atoms with Crippen molar-refractivity contribution in [3.8, 4) is 0 Å². The van der Waals surface area contributed by atoms with Gasteiger partial charge in [0.2, 0.25) is 5.79 Å². The minimum Gasteiger partial charge on any atom is -0.368 e. The molecular formula is C44H56Cl2N6O5. The first-order chi connectivity index (χ1) is 27.6. The van der Waals surface area contributed by atoms with Crippen LogP contribution in [0.5, 0.6) is 0 Å². The lowest BCUT2D eigenvalue weighted by Gasteiger charge is -2.59. The van der Waals surface area contributed by atoms with Crippen LogP contribution in [0.15, 0.2) is 60.9 Å². The summed E-state index contributed by atoms with van der Waals surface area (Å²) in [5.41, 5.74) is 3.92. The Hall–Kier alpha value is -2.84. The number of nitrogens with zero attached hydrogens (tertiary/aromatic N) is 6. The van der Waals surface area contributed by atoms with Crippen LogP contribution in [-0.4, -0.2) is 114 Å². The van der Waals surface area contributed by atoms with Crippen molar-refractivity contribution in [3.63, 3.8) is 0 Å². The summed E-state index contributed by atoms with van der Waals surface area (Å²) < 4.78 is 11.9. The Morgan fingerprint density at radius 1 is 0.719 bits per heavy atom. The van der Waals surface area contributed by atoms with Crippen molar-refractivity contribution in [1.82, 2.24) is 19.8 Å². The van der Waals surface area contributed by atoms with Crippen molar-refractivity contribution in [2.75, 3.05) is 75.2 Å². The number of piperazine rings is 2. The Labute approximate surface area is 346 Å². The zero-order chi connectivity index (χ0) is 39.3. The van der Waals surface area contributed by atoms with E-state index in [0.717, 1.165) is 106 Å². The number of hydrogen-bond donors (Lipinski definition) is 1. The molecule has 1 spiro atoms. The highest BCUT2D eigenvalue weighted by Crippen LogP contribution is 2.60. The van der Waals surface area contributed by atoms with Crippen LogP contribution in [0.4, 0.5) is 11.4 Å². The molecule has 2 aromatic heterocycles. The van der Waals surface area contributed by atoms with Crippen LogP contribution < -0.4 is 9.80 Å². The summed E-state index contributed by atoms with van der Waals surface area (Å²) in [5.74, 6) is 0.437. The van der Waals surface area contributed by atoms with E-state index in [4.69, 9.17) is 42.5 Å². The van der Waals surface area contributed by atoms with Crippen molar-refractivity contribution >= 4 is 56.4 Å². The predicted molar refractivity (Wildman–Crippen MR) is 224 cm³/mol. The molecule has 57 heavy (non-hydrogen) atoms. The molecule has 0 amide bonds. The molecule has 13 heteroatoms. The van der Waals surface area contributed by atoms with Crippen LogP contribution in [0.3, 0.4) is 0 Å². The number of aliphatic hydroxyl groups is 1. The highest BCUT2D eigenvalue weighted by Gasteiger charge is 2.69. The van der Waals surface area contributed by atoms with E-state index in [1.54, 1.807) is 0 Å². The number of ether oxygens (including phenoxy) is 2. The molecule has 8 atom stereocenters. The van der Waals surface area contributed by atoms with E-state index in [9.17, 15) is 5.11 Å². The number of aromatic nitrogens is 2. The Kier molecular flexibility index (Phi) is 11.3. The molecule has 2 bridgehead atoms. The molecule has 7 aliphatic rings. The second-order valence-electron chi connectivity index (χ2n) is 17.3. The maximum Gasteiger partial charge on any atom is 0.201 e. The van der Waals surface area contributed by atoms with Crippen molar-refractivity contribution in [1.29, 1.82) is 0 Å². The van der Waals surface area contributed by atoms with Crippen LogP contribution in [0.1, 0.15) is 52.9 Å². The highest BCUT2D eigenvalue weighted by molar-refractivity contribution is 6.31. The Morgan fingerprint density at radius 3 is 1.84 bits per heavy atom. The first kappa shape index (κ1) is 39.6. The van der Waals surface area contributed by atoms with Gasteiger partial charge in [-0.3, -0.25) is 19.8 Å². The summed E-state index contributed by atoms with van der Waals surface area (Å²) in [6.45, 7) is 17.1. The van der Waals surface area contributed by atoms with E-state index >= 15 is 0 Å². The summed E-state index contributed by atoms with van der Waals surface area (Å²) >= 11 is 12.3. The van der Waals surface area contributed by atoms with Gasteiger partial charge in [0.15, 0.2) is 18.2 Å². The zero-order valence-corrected chi connectivity index (χ0v) is 34.9. The Balaban J connectivity index is 0.000000177. The Morgan fingerprint density at radius 2 is 1.28 bits per heavy atom. The van der Waals surface area contributed by atoms with E-state index in [0.29, 0.717) is 11.8 Å². The molecule has 2 aromatic carbocycles. The molecule has 1 N–H and O–H groups in total. The number of halogens is 2. The van der Waals surface area contributed by atoms with E-state index in [-0.39, 0.29) is 11.8 Å². The van der Waals surface area contributed by atoms with Crippen LogP contribution >= 0.6 is 23.2 Å². The predicted octanol–water partition coefficient (Wildman–Crippen LogP) is 7.61. The third-order valence-corrected chi connectivity index (χ3v) is 14.3. The molecule has 1 aliphatic carbocycles. The average Bonchev–Trinajstić information content (AvgIpc) is 3.45. The van der Waals surface area contributed by atoms with Crippen molar-refractivity contribution in [3.05, 3.63) is 71.0 Å². The van der Waals surface area contributed by atoms with E-state index in [1.165, 1.54) is 35.0 Å². The smallest absolute Gasteiger partial charge is 0.201 e. The normalized spacial score (nSPS) is 33.2. The molecule has 11 rings (SSSR count). The van der Waals surface area contributed by atoms with Gasteiger partial charge in [-0.2, -0.15) is 0 Å². The number of rotatable bonds is 6. The number of fused-ring (bicyclic) bond motifs is 4. The van der Waals surface area contributed by atoms with E-state index < -0.39 is 24.0 Å². The van der Waals surface area contributed by atoms with Crippen LogP contribution in [-0.2, 0) is 19.2 Å². The van der Waals surface area contributed by atoms with Crippen molar-refractivity contribution in [2.24, 2.45) is 23.7 Å². The van der Waals surface area contributed by atoms with E-state index in [2.05, 4.69) is 60.8 Å². The molecule has 1 unspecified atom stereocenters. The number of anilines is 2. The minimum atomic E-state index is -0.781. The Bertz CT molecular complexity index is 1940. The largest absolute Gasteiger partial charge is 0.368 e. The summed E-state index contributed by atoms with van der Waals surface area (Å²) in [6.07, 6.45) is 7.73. The fourth-order valence-corrected chi connectivity index (χ4v) is 10.9. The lowest BCUT2D eigenvalue weighted by Crippen LogP contribution is -2.70. The molecule has 8 heterocycles. The lowest BCUT2D eigenvalue weighted by atomic mass is 9.58. The second-order valence-corrected chi connectivity index (χ2v) is 18.2. The first-order valence-corrected chi connectivity index (χ1v) is 21.8. The van der Waals surface area contributed by atoms with Gasteiger partial charge in [-0.05, 0) is 106 Å². The summed E-state index contributed by atoms with van der Waals surface area (Å²) in [4.78, 5) is 30.8. The molecule has 11 nitrogen and oxygen atoms in total. The summed E-state index contributed by atoms with van der Waals surface area (Å²) in [6, 6.07) is 16.3. The van der Waals surface area contributed by atoms with Gasteiger partial charge in [-0.15, -0.1) is 0 Å². The number of aliphatic hydroxyl groups excluding tert-OH is 1. The summed E-state index contributed by atoms with van der Waals surface area (Å²) in [7, 11) is 0. The molecule has 7 fully saturated rings. The maximum absolute atomic E-state index is 10.2. The van der Waals surface area contributed by atoms with Crippen molar-refractivity contribution in [2.45, 2.75) is 76.8 Å². The fourth-order valence-electron chi connectivity index (χ4n) is 10.6. The molecule has 6 aliphatic heterocycles. The molecular weight excluding hydrogens is 763 g/mol. The second kappa shape index (κ2) is 16.3. The van der Waals surface area contributed by atoms with E-state index in [1.807, 2.05) is 50.5 Å². The standard InChI is InChI=1S/C29H32Cl2N6.C15H24O5/c30-22-2-4-24-26(20-22)32-8-6-28(24)36-16-12-34(13-17-36)10-1-11-35-14-18-37(19-15-35)29-7-9-33-27-21-23(31)3-5-25(27)29;1-8-4-5-11-9(2)12(16)17-13-15(11)10(8)6-7-14(3,18-13)19-20-15/h2-9,20-21H,1,10-19H2;8-13,16H,4-7H2,1-3H3/t;8-,9-,10+,11+,12+,13-,14?,15-/m.1/s1. The van der Waals surface area contributed by atoms with Gasteiger partial charge in [0, 0.05) is 115 Å². The van der Waals surface area contributed by atoms with Gasteiger partial charge in [0.25, 0.3) is 0 Å². The molecule has 0 radical (unpaired) electrons. The highest BCUT2D eigenvalue weighted by atomic mass is 35.5. The first-order valence-electron chi connectivity index (χ1n) is 21.0. The van der Waals surface area contributed by atoms with Gasteiger partial charge in [0.1, 0.15) is 0 Å². The van der Waals surface area contributed by atoms with Gasteiger partial charge < -0.3 is 24.4 Å².